The molecule has 1 fully saturated rings. The van der Waals surface area contributed by atoms with Gasteiger partial charge in [-0.2, -0.15) is 0 Å². The summed E-state index contributed by atoms with van der Waals surface area (Å²) in [7, 11) is -3.54. The molecule has 0 radical (unpaired) electrons. The third kappa shape index (κ3) is 4.81. The van der Waals surface area contributed by atoms with Crippen LogP contribution in [0.2, 0.25) is 5.02 Å². The van der Waals surface area contributed by atoms with Gasteiger partial charge in [0, 0.05) is 17.5 Å². The van der Waals surface area contributed by atoms with E-state index in [4.69, 9.17) is 16.7 Å². The molecular formula is C18H19ClN2O3S. The van der Waals surface area contributed by atoms with E-state index in [1.165, 1.54) is 0 Å². The molecule has 132 valence electrons. The van der Waals surface area contributed by atoms with Gasteiger partial charge >= 0.3 is 0 Å². The summed E-state index contributed by atoms with van der Waals surface area (Å²) >= 11 is 6.18. The number of sulfonamides is 1. The Kier molecular flexibility index (Phi) is 5.13. The molecule has 2 atom stereocenters. The second kappa shape index (κ2) is 7.15. The molecule has 0 bridgehead atoms. The minimum Gasteiger partial charge on any atom is -0.352 e. The predicted molar refractivity (Wildman–Crippen MR) is 97.4 cm³/mol. The highest BCUT2D eigenvalue weighted by atomic mass is 35.5. The normalized spacial score (nSPS) is 19.4. The van der Waals surface area contributed by atoms with E-state index in [9.17, 15) is 13.2 Å². The van der Waals surface area contributed by atoms with Gasteiger partial charge in [0.1, 0.15) is 0 Å². The molecule has 2 aromatic carbocycles. The topological polar surface area (TPSA) is 89.3 Å². The van der Waals surface area contributed by atoms with Gasteiger partial charge in [-0.3, -0.25) is 4.79 Å². The molecule has 1 amide bonds. The van der Waals surface area contributed by atoms with Gasteiger partial charge in [0.15, 0.2) is 0 Å². The van der Waals surface area contributed by atoms with Gasteiger partial charge in [-0.1, -0.05) is 54.1 Å². The lowest BCUT2D eigenvalue weighted by molar-refractivity contribution is -0.122. The lowest BCUT2D eigenvalue weighted by atomic mass is 10.1. The maximum atomic E-state index is 12.3. The number of nitrogens with one attached hydrogen (secondary N) is 1. The van der Waals surface area contributed by atoms with Crippen LogP contribution < -0.4 is 10.5 Å². The fraction of sp³-hybridized carbons (Fsp3) is 0.278. The first-order chi connectivity index (χ1) is 11.8. The molecule has 5 nitrogen and oxygen atoms in total. The molecule has 0 heterocycles. The van der Waals surface area contributed by atoms with E-state index in [0.29, 0.717) is 17.1 Å². The Labute approximate surface area is 152 Å². The van der Waals surface area contributed by atoms with Crippen molar-refractivity contribution in [3.63, 3.8) is 0 Å². The SMILES string of the molecule is NS(=O)(=O)Cc1ccc(CNC(=O)[C@H]2C[C@@H]2c2ccccc2Cl)cc1. The lowest BCUT2D eigenvalue weighted by Gasteiger charge is -2.07. The maximum absolute atomic E-state index is 12.3. The highest BCUT2D eigenvalue weighted by Crippen LogP contribution is 2.49. The molecule has 0 unspecified atom stereocenters. The Morgan fingerprint density at radius 1 is 1.12 bits per heavy atom. The van der Waals surface area contributed by atoms with Crippen molar-refractivity contribution in [2.24, 2.45) is 11.1 Å². The third-order valence-electron chi connectivity index (χ3n) is 4.29. The zero-order chi connectivity index (χ0) is 18.0. The van der Waals surface area contributed by atoms with Crippen molar-refractivity contribution < 1.29 is 13.2 Å². The molecular weight excluding hydrogens is 360 g/mol. The zero-order valence-electron chi connectivity index (χ0n) is 13.5. The number of hydrogen-bond acceptors (Lipinski definition) is 3. The molecule has 0 aliphatic heterocycles. The number of hydrogen-bond donors (Lipinski definition) is 2. The summed E-state index contributed by atoms with van der Waals surface area (Å²) in [6.07, 6.45) is 0.808. The minimum atomic E-state index is -3.54. The summed E-state index contributed by atoms with van der Waals surface area (Å²) in [6, 6.07) is 14.6. The third-order valence-corrected chi connectivity index (χ3v) is 5.37. The first kappa shape index (κ1) is 17.9. The number of carbonyl (C=O) groups excluding carboxylic acids is 1. The summed E-state index contributed by atoms with van der Waals surface area (Å²) in [5.41, 5.74) is 2.55. The van der Waals surface area contributed by atoms with E-state index in [2.05, 4.69) is 5.32 Å². The number of benzene rings is 2. The van der Waals surface area contributed by atoms with Crippen LogP contribution in [0.25, 0.3) is 0 Å². The van der Waals surface area contributed by atoms with Gasteiger partial charge in [0.25, 0.3) is 0 Å². The van der Waals surface area contributed by atoms with Crippen LogP contribution in [0, 0.1) is 5.92 Å². The van der Waals surface area contributed by atoms with Gasteiger partial charge in [0.05, 0.1) is 5.75 Å². The van der Waals surface area contributed by atoms with Crippen molar-refractivity contribution >= 4 is 27.5 Å². The van der Waals surface area contributed by atoms with Crippen LogP contribution in [-0.4, -0.2) is 14.3 Å². The fourth-order valence-corrected chi connectivity index (χ4v) is 3.84. The van der Waals surface area contributed by atoms with Gasteiger partial charge in [0.2, 0.25) is 15.9 Å². The molecule has 0 spiro atoms. The average molecular weight is 379 g/mol. The lowest BCUT2D eigenvalue weighted by Crippen LogP contribution is -2.24. The summed E-state index contributed by atoms with van der Waals surface area (Å²) in [5, 5.41) is 8.65. The van der Waals surface area contributed by atoms with Gasteiger partial charge in [-0.15, -0.1) is 0 Å². The first-order valence-electron chi connectivity index (χ1n) is 7.94. The summed E-state index contributed by atoms with van der Waals surface area (Å²) in [4.78, 5) is 12.3. The number of carbonyl (C=O) groups is 1. The fourth-order valence-electron chi connectivity index (χ4n) is 2.91. The van der Waals surface area contributed by atoms with Gasteiger partial charge in [-0.05, 0) is 35.1 Å². The number of rotatable bonds is 6. The van der Waals surface area contributed by atoms with Crippen molar-refractivity contribution in [1.29, 1.82) is 0 Å². The predicted octanol–water partition coefficient (Wildman–Crippen LogP) is 2.55. The molecule has 0 aromatic heterocycles. The highest BCUT2D eigenvalue weighted by molar-refractivity contribution is 7.88. The van der Waals surface area contributed by atoms with E-state index in [-0.39, 0.29) is 23.5 Å². The molecule has 3 N–H and O–H groups in total. The Balaban J connectivity index is 1.53. The van der Waals surface area contributed by atoms with E-state index < -0.39 is 10.0 Å². The van der Waals surface area contributed by atoms with Crippen molar-refractivity contribution in [1.82, 2.24) is 5.32 Å². The molecule has 1 aliphatic rings. The minimum absolute atomic E-state index is 0.0125. The summed E-state index contributed by atoms with van der Waals surface area (Å²) in [6.45, 7) is 0.403. The smallest absolute Gasteiger partial charge is 0.224 e. The van der Waals surface area contributed by atoms with Crippen LogP contribution in [0.1, 0.15) is 29.0 Å². The van der Waals surface area contributed by atoms with E-state index in [1.54, 1.807) is 24.3 Å². The maximum Gasteiger partial charge on any atom is 0.224 e. The van der Waals surface area contributed by atoms with Crippen molar-refractivity contribution in [3.05, 3.63) is 70.2 Å². The molecule has 25 heavy (non-hydrogen) atoms. The summed E-state index contributed by atoms with van der Waals surface area (Å²) in [5.74, 6) is -0.0350. The van der Waals surface area contributed by atoms with Gasteiger partial charge < -0.3 is 5.32 Å². The standard InChI is InChI=1S/C18H19ClN2O3S/c19-17-4-2-1-3-14(17)15-9-16(15)18(22)21-10-12-5-7-13(8-6-12)11-25(20,23)24/h1-8,15-16H,9-11H2,(H,21,22)(H2,20,23,24)/t15-,16+/m1/s1. The Bertz CT molecular complexity index is 881. The van der Waals surface area contributed by atoms with E-state index >= 15 is 0 Å². The Morgan fingerprint density at radius 3 is 2.40 bits per heavy atom. The van der Waals surface area contributed by atoms with Crippen LogP contribution >= 0.6 is 11.6 Å². The van der Waals surface area contributed by atoms with Crippen LogP contribution in [0.15, 0.2) is 48.5 Å². The second-order valence-corrected chi connectivity index (χ2v) is 8.33. The molecule has 2 aromatic rings. The number of amides is 1. The van der Waals surface area contributed by atoms with E-state index in [0.717, 1.165) is 17.5 Å². The molecule has 7 heteroatoms. The molecule has 0 saturated heterocycles. The van der Waals surface area contributed by atoms with Crippen LogP contribution in [-0.2, 0) is 27.1 Å². The van der Waals surface area contributed by atoms with Crippen molar-refractivity contribution in [2.45, 2.75) is 24.6 Å². The second-order valence-electron chi connectivity index (χ2n) is 6.31. The largest absolute Gasteiger partial charge is 0.352 e. The number of halogens is 1. The van der Waals surface area contributed by atoms with E-state index in [1.807, 2.05) is 24.3 Å². The highest BCUT2D eigenvalue weighted by Gasteiger charge is 2.44. The Hall–Kier alpha value is -1.89. The quantitative estimate of drug-likeness (QED) is 0.809. The van der Waals surface area contributed by atoms with Crippen LogP contribution in [0.4, 0.5) is 0 Å². The Morgan fingerprint density at radius 2 is 1.76 bits per heavy atom. The monoisotopic (exact) mass is 378 g/mol. The molecule has 1 saturated carbocycles. The van der Waals surface area contributed by atoms with Crippen molar-refractivity contribution in [2.75, 3.05) is 0 Å². The average Bonchev–Trinajstić information content (AvgIpc) is 3.33. The van der Waals surface area contributed by atoms with Gasteiger partial charge in [-0.25, -0.2) is 13.6 Å². The molecule has 1 aliphatic carbocycles. The van der Waals surface area contributed by atoms with Crippen LogP contribution in [0.3, 0.4) is 0 Å². The van der Waals surface area contributed by atoms with Crippen LogP contribution in [0.5, 0.6) is 0 Å². The number of primary sulfonamides is 1. The van der Waals surface area contributed by atoms with Crippen molar-refractivity contribution in [3.8, 4) is 0 Å². The summed E-state index contributed by atoms with van der Waals surface area (Å²) < 4.78 is 22.1. The first-order valence-corrected chi connectivity index (χ1v) is 10.0. The zero-order valence-corrected chi connectivity index (χ0v) is 15.1. The molecule has 3 rings (SSSR count). The number of nitrogens with two attached hydrogens (primary N) is 1.